The molecule has 2 aromatic heterocycles. The van der Waals surface area contributed by atoms with E-state index in [1.54, 1.807) is 18.7 Å². The number of hydrogen-bond donors (Lipinski definition) is 1. The zero-order chi connectivity index (χ0) is 22.0. The quantitative estimate of drug-likeness (QED) is 0.643. The van der Waals surface area contributed by atoms with E-state index in [1.807, 2.05) is 26.0 Å². The number of nitrogens with zero attached hydrogens (tertiary/aromatic N) is 4. The number of aryl methyl sites for hydroxylation is 3. The molecule has 0 unspecified atom stereocenters. The van der Waals surface area contributed by atoms with Gasteiger partial charge in [0.05, 0.1) is 12.4 Å². The second-order valence-electron chi connectivity index (χ2n) is 8.04. The molecule has 0 saturated heterocycles. The molecule has 1 amide bonds. The number of amides is 1. The van der Waals surface area contributed by atoms with Crippen molar-refractivity contribution in [3.05, 3.63) is 62.6 Å². The molecule has 8 nitrogen and oxygen atoms in total. The average molecular weight is 412 g/mol. The van der Waals surface area contributed by atoms with Crippen LogP contribution in [0, 0.1) is 5.92 Å². The first-order chi connectivity index (χ1) is 14.2. The van der Waals surface area contributed by atoms with Crippen molar-refractivity contribution in [1.82, 2.24) is 24.0 Å². The number of imidazole rings is 1. The van der Waals surface area contributed by atoms with Gasteiger partial charge in [-0.2, -0.15) is 0 Å². The molecular weight excluding hydrogens is 382 g/mol. The summed E-state index contributed by atoms with van der Waals surface area (Å²) in [6.45, 7) is 5.85. The highest BCUT2D eigenvalue weighted by molar-refractivity contribution is 5.77. The molecule has 0 saturated carbocycles. The van der Waals surface area contributed by atoms with E-state index in [0.717, 1.165) is 23.0 Å². The smallest absolute Gasteiger partial charge is 0.332 e. The van der Waals surface area contributed by atoms with Crippen LogP contribution in [0.4, 0.5) is 0 Å². The normalized spacial score (nSPS) is 12.5. The minimum atomic E-state index is -0.564. The number of hydrogen-bond acceptors (Lipinski definition) is 4. The van der Waals surface area contributed by atoms with Crippen molar-refractivity contribution in [1.29, 1.82) is 0 Å². The number of carbonyl (C=O) groups excluding carboxylic acids is 1. The van der Waals surface area contributed by atoms with E-state index < -0.39 is 11.2 Å². The highest BCUT2D eigenvalue weighted by atomic mass is 16.2. The molecule has 0 spiro atoms. The summed E-state index contributed by atoms with van der Waals surface area (Å²) in [5.74, 6) is -0.239. The third kappa shape index (κ3) is 4.08. The van der Waals surface area contributed by atoms with Gasteiger partial charge in [0, 0.05) is 14.1 Å². The van der Waals surface area contributed by atoms with Gasteiger partial charge in [0.1, 0.15) is 6.54 Å². The second kappa shape index (κ2) is 8.69. The highest BCUT2D eigenvalue weighted by Gasteiger charge is 2.21. The third-order valence-electron chi connectivity index (χ3n) is 5.36. The van der Waals surface area contributed by atoms with Crippen molar-refractivity contribution in [2.75, 3.05) is 0 Å². The van der Waals surface area contributed by atoms with E-state index in [0.29, 0.717) is 5.65 Å². The fourth-order valence-corrected chi connectivity index (χ4v) is 3.71. The summed E-state index contributed by atoms with van der Waals surface area (Å²) in [7, 11) is 3.23. The lowest BCUT2D eigenvalue weighted by Crippen LogP contribution is -2.44. The molecular formula is C22H29N5O3. The van der Waals surface area contributed by atoms with Crippen molar-refractivity contribution in [2.24, 2.45) is 20.0 Å². The zero-order valence-electron chi connectivity index (χ0n) is 18.2. The Morgan fingerprint density at radius 3 is 2.40 bits per heavy atom. The summed E-state index contributed by atoms with van der Waals surface area (Å²) in [4.78, 5) is 42.4. The molecule has 1 atom stereocenters. The van der Waals surface area contributed by atoms with Gasteiger partial charge >= 0.3 is 5.69 Å². The molecule has 8 heteroatoms. The molecule has 0 aliphatic rings. The SMILES string of the molecule is CCCc1ccc([C@H](NC(=O)Cn2c(=O)c3c(ncn3C)n(C)c2=O)C(C)C)cc1. The van der Waals surface area contributed by atoms with Crippen molar-refractivity contribution >= 4 is 17.1 Å². The van der Waals surface area contributed by atoms with Crippen molar-refractivity contribution in [2.45, 2.75) is 46.2 Å². The van der Waals surface area contributed by atoms with Gasteiger partial charge in [-0.25, -0.2) is 14.3 Å². The molecule has 0 aliphatic heterocycles. The van der Waals surface area contributed by atoms with Gasteiger partial charge in [0.2, 0.25) is 5.91 Å². The summed E-state index contributed by atoms with van der Waals surface area (Å²) in [6.07, 6.45) is 3.57. The average Bonchev–Trinajstić information content (AvgIpc) is 3.10. The van der Waals surface area contributed by atoms with Gasteiger partial charge < -0.3 is 9.88 Å². The number of rotatable bonds is 7. The fourth-order valence-electron chi connectivity index (χ4n) is 3.71. The molecule has 1 N–H and O–H groups in total. The number of aromatic nitrogens is 4. The maximum Gasteiger partial charge on any atom is 0.332 e. The van der Waals surface area contributed by atoms with Crippen LogP contribution in [0.1, 0.15) is 44.4 Å². The van der Waals surface area contributed by atoms with E-state index in [2.05, 4.69) is 29.4 Å². The lowest BCUT2D eigenvalue weighted by atomic mass is 9.94. The molecule has 3 rings (SSSR count). The number of carbonyl (C=O) groups is 1. The second-order valence-corrected chi connectivity index (χ2v) is 8.04. The van der Waals surface area contributed by atoms with Crippen LogP contribution in [0.15, 0.2) is 40.2 Å². The molecule has 0 radical (unpaired) electrons. The highest BCUT2D eigenvalue weighted by Crippen LogP contribution is 2.22. The Kier molecular flexibility index (Phi) is 6.24. The first kappa shape index (κ1) is 21.5. The molecule has 0 aliphatic carbocycles. The number of nitrogens with one attached hydrogen (secondary N) is 1. The van der Waals surface area contributed by atoms with Crippen LogP contribution < -0.4 is 16.6 Å². The summed E-state index contributed by atoms with van der Waals surface area (Å²) < 4.78 is 3.80. The van der Waals surface area contributed by atoms with E-state index in [4.69, 9.17) is 0 Å². The lowest BCUT2D eigenvalue weighted by molar-refractivity contribution is -0.122. The molecule has 0 fully saturated rings. The Bertz CT molecular complexity index is 1170. The summed E-state index contributed by atoms with van der Waals surface area (Å²) in [5.41, 5.74) is 1.77. The lowest BCUT2D eigenvalue weighted by Gasteiger charge is -2.23. The molecule has 1 aromatic carbocycles. The maximum absolute atomic E-state index is 12.8. The standard InChI is InChI=1S/C22H29N5O3/c1-6-7-15-8-10-16(11-9-15)18(14(2)3)24-17(28)12-27-21(29)19-20(23-13-25(19)4)26(5)22(27)30/h8-11,13-14,18H,6-7,12H2,1-5H3,(H,24,28)/t18-/m1/s1. The fraction of sp³-hybridized carbons (Fsp3) is 0.455. The molecule has 2 heterocycles. The Labute approximate surface area is 175 Å². The van der Waals surface area contributed by atoms with Crippen LogP contribution >= 0.6 is 0 Å². The summed E-state index contributed by atoms with van der Waals surface area (Å²) >= 11 is 0. The maximum atomic E-state index is 12.8. The van der Waals surface area contributed by atoms with Gasteiger partial charge in [-0.1, -0.05) is 51.5 Å². The van der Waals surface area contributed by atoms with Crippen LogP contribution in [0.25, 0.3) is 11.2 Å². The predicted molar refractivity (Wildman–Crippen MR) is 116 cm³/mol. The van der Waals surface area contributed by atoms with Crippen LogP contribution in [-0.4, -0.2) is 24.6 Å². The Balaban J connectivity index is 1.87. The first-order valence-corrected chi connectivity index (χ1v) is 10.2. The van der Waals surface area contributed by atoms with Crippen LogP contribution in [0.3, 0.4) is 0 Å². The third-order valence-corrected chi connectivity index (χ3v) is 5.36. The van der Waals surface area contributed by atoms with Crippen molar-refractivity contribution in [3.8, 4) is 0 Å². The van der Waals surface area contributed by atoms with E-state index in [-0.39, 0.29) is 29.9 Å². The van der Waals surface area contributed by atoms with Gasteiger partial charge in [-0.05, 0) is 23.5 Å². The largest absolute Gasteiger partial charge is 0.347 e. The van der Waals surface area contributed by atoms with Crippen LogP contribution in [-0.2, 0) is 31.9 Å². The van der Waals surface area contributed by atoms with Gasteiger partial charge in [0.25, 0.3) is 5.56 Å². The first-order valence-electron chi connectivity index (χ1n) is 10.2. The topological polar surface area (TPSA) is 90.9 Å². The van der Waals surface area contributed by atoms with Crippen molar-refractivity contribution in [3.63, 3.8) is 0 Å². The van der Waals surface area contributed by atoms with Gasteiger partial charge in [-0.15, -0.1) is 0 Å². The predicted octanol–water partition coefficient (Wildman–Crippen LogP) is 1.90. The minimum absolute atomic E-state index is 0.144. The van der Waals surface area contributed by atoms with Crippen LogP contribution in [0.5, 0.6) is 0 Å². The number of benzene rings is 1. The van der Waals surface area contributed by atoms with E-state index in [9.17, 15) is 14.4 Å². The molecule has 30 heavy (non-hydrogen) atoms. The molecule has 160 valence electrons. The summed E-state index contributed by atoms with van der Waals surface area (Å²) in [5, 5.41) is 2.99. The zero-order valence-corrected chi connectivity index (χ0v) is 18.2. The van der Waals surface area contributed by atoms with E-state index in [1.165, 1.54) is 16.5 Å². The molecule has 3 aromatic rings. The molecule has 0 bridgehead atoms. The Morgan fingerprint density at radius 2 is 1.80 bits per heavy atom. The van der Waals surface area contributed by atoms with Gasteiger partial charge in [0.15, 0.2) is 11.2 Å². The van der Waals surface area contributed by atoms with Gasteiger partial charge in [-0.3, -0.25) is 14.2 Å². The van der Waals surface area contributed by atoms with Crippen molar-refractivity contribution < 1.29 is 4.79 Å². The summed E-state index contributed by atoms with van der Waals surface area (Å²) in [6, 6.07) is 8.01. The minimum Gasteiger partial charge on any atom is -0.347 e. The Hall–Kier alpha value is -3.16. The van der Waals surface area contributed by atoms with Crippen LogP contribution in [0.2, 0.25) is 0 Å². The monoisotopic (exact) mass is 411 g/mol. The van der Waals surface area contributed by atoms with E-state index >= 15 is 0 Å². The number of fused-ring (bicyclic) bond motifs is 1. The Morgan fingerprint density at radius 1 is 1.13 bits per heavy atom.